The topological polar surface area (TPSA) is 99.4 Å². The molecule has 1 fully saturated rings. The summed E-state index contributed by atoms with van der Waals surface area (Å²) < 4.78 is 5.89. The standard InChI is InChI=1S/C24H37N5O3/c1-17-15-26-24(27-16-17)29-10-7-20(8-11-29)6-4-13-32-21-14-18(2)22(19(3)28-21)23(31)25-9-5-12-30/h14-15,17,20,30H,4-13,16H2,1-3H3,(H,25,31). The maximum atomic E-state index is 12.4. The number of aliphatic hydroxyl groups excluding tert-OH is 1. The van der Waals surface area contributed by atoms with Crippen LogP contribution in [0.4, 0.5) is 0 Å². The highest BCUT2D eigenvalue weighted by Gasteiger charge is 2.22. The molecule has 2 aliphatic rings. The van der Waals surface area contributed by atoms with Crippen LogP contribution in [0.5, 0.6) is 5.88 Å². The van der Waals surface area contributed by atoms with Crippen LogP contribution in [0.2, 0.25) is 0 Å². The number of hydrogen-bond acceptors (Lipinski definition) is 7. The van der Waals surface area contributed by atoms with Crippen molar-refractivity contribution in [3.8, 4) is 5.88 Å². The van der Waals surface area contributed by atoms with Gasteiger partial charge < -0.3 is 20.1 Å². The van der Waals surface area contributed by atoms with Gasteiger partial charge in [0.25, 0.3) is 5.91 Å². The first-order chi connectivity index (χ1) is 15.5. The molecule has 2 aliphatic heterocycles. The van der Waals surface area contributed by atoms with Crippen LogP contribution >= 0.6 is 0 Å². The third-order valence-electron chi connectivity index (χ3n) is 6.09. The number of ether oxygens (including phenoxy) is 1. The molecule has 0 aliphatic carbocycles. The van der Waals surface area contributed by atoms with Gasteiger partial charge in [0.15, 0.2) is 0 Å². The van der Waals surface area contributed by atoms with Gasteiger partial charge in [0.05, 0.1) is 24.4 Å². The Kier molecular flexibility index (Phi) is 9.02. The van der Waals surface area contributed by atoms with Gasteiger partial charge in [-0.15, -0.1) is 0 Å². The summed E-state index contributed by atoms with van der Waals surface area (Å²) in [5, 5.41) is 11.7. The highest BCUT2D eigenvalue weighted by Crippen LogP contribution is 2.24. The molecule has 3 heterocycles. The van der Waals surface area contributed by atoms with E-state index in [4.69, 9.17) is 9.84 Å². The summed E-state index contributed by atoms with van der Waals surface area (Å²) in [7, 11) is 0. The van der Waals surface area contributed by atoms with Crippen molar-refractivity contribution in [2.24, 2.45) is 21.8 Å². The van der Waals surface area contributed by atoms with Gasteiger partial charge in [-0.3, -0.25) is 9.79 Å². The lowest BCUT2D eigenvalue weighted by atomic mass is 9.92. The minimum atomic E-state index is -0.154. The number of piperidine rings is 1. The summed E-state index contributed by atoms with van der Waals surface area (Å²) in [6.07, 6.45) is 7.02. The quantitative estimate of drug-likeness (QED) is 0.572. The fraction of sp³-hybridized carbons (Fsp3) is 0.667. The number of rotatable bonds is 9. The van der Waals surface area contributed by atoms with Crippen LogP contribution in [0.15, 0.2) is 16.1 Å². The normalized spacial score (nSPS) is 19.1. The molecule has 32 heavy (non-hydrogen) atoms. The van der Waals surface area contributed by atoms with Gasteiger partial charge in [0.2, 0.25) is 11.8 Å². The molecule has 2 N–H and O–H groups in total. The molecule has 0 saturated carbocycles. The number of likely N-dealkylation sites (tertiary alicyclic amines) is 1. The van der Waals surface area contributed by atoms with Crippen molar-refractivity contribution < 1.29 is 14.6 Å². The third kappa shape index (κ3) is 6.76. The second kappa shape index (κ2) is 11.9. The molecule has 1 atom stereocenters. The van der Waals surface area contributed by atoms with E-state index in [2.05, 4.69) is 32.1 Å². The van der Waals surface area contributed by atoms with E-state index in [1.54, 1.807) is 0 Å². The molecule has 1 aromatic heterocycles. The van der Waals surface area contributed by atoms with Crippen molar-refractivity contribution in [1.29, 1.82) is 0 Å². The Hall–Kier alpha value is -2.48. The molecule has 0 spiro atoms. The number of aliphatic imine (C=N–C) groups is 2. The van der Waals surface area contributed by atoms with Crippen LogP contribution in [0.1, 0.15) is 60.6 Å². The van der Waals surface area contributed by atoms with Crippen molar-refractivity contribution >= 4 is 18.1 Å². The minimum absolute atomic E-state index is 0.0611. The minimum Gasteiger partial charge on any atom is -0.478 e. The first kappa shape index (κ1) is 24.2. The zero-order chi connectivity index (χ0) is 22.9. The second-order valence-corrected chi connectivity index (χ2v) is 8.89. The number of hydrogen-bond donors (Lipinski definition) is 2. The largest absolute Gasteiger partial charge is 0.478 e. The Morgan fingerprint density at radius 3 is 2.72 bits per heavy atom. The van der Waals surface area contributed by atoms with Gasteiger partial charge >= 0.3 is 0 Å². The zero-order valence-electron chi connectivity index (χ0n) is 19.6. The molecular weight excluding hydrogens is 406 g/mol. The second-order valence-electron chi connectivity index (χ2n) is 8.89. The van der Waals surface area contributed by atoms with Crippen molar-refractivity contribution in [1.82, 2.24) is 15.2 Å². The maximum Gasteiger partial charge on any atom is 0.253 e. The Labute approximate surface area is 191 Å². The molecule has 1 amide bonds. The Morgan fingerprint density at radius 1 is 1.28 bits per heavy atom. The number of aliphatic hydroxyl groups is 1. The number of carbonyl (C=O) groups is 1. The molecule has 176 valence electrons. The summed E-state index contributed by atoms with van der Waals surface area (Å²) in [6.45, 7) is 9.91. The predicted octanol–water partition coefficient (Wildman–Crippen LogP) is 2.76. The van der Waals surface area contributed by atoms with E-state index in [-0.39, 0.29) is 12.5 Å². The third-order valence-corrected chi connectivity index (χ3v) is 6.09. The average molecular weight is 444 g/mol. The lowest BCUT2D eigenvalue weighted by molar-refractivity contribution is 0.0949. The Bertz CT molecular complexity index is 808. The number of aromatic nitrogens is 1. The lowest BCUT2D eigenvalue weighted by Gasteiger charge is -2.33. The number of guanidine groups is 1. The smallest absolute Gasteiger partial charge is 0.253 e. The van der Waals surface area contributed by atoms with E-state index in [1.807, 2.05) is 26.1 Å². The molecule has 3 rings (SSSR count). The highest BCUT2D eigenvalue weighted by atomic mass is 16.5. The van der Waals surface area contributed by atoms with Crippen LogP contribution in [0, 0.1) is 25.7 Å². The number of aryl methyl sites for hydroxylation is 2. The molecule has 1 unspecified atom stereocenters. The summed E-state index contributed by atoms with van der Waals surface area (Å²) in [6, 6.07) is 1.83. The average Bonchev–Trinajstić information content (AvgIpc) is 2.77. The number of carbonyl (C=O) groups excluding carboxylic acids is 1. The molecular formula is C24H37N5O3. The number of nitrogens with zero attached hydrogens (tertiary/aromatic N) is 4. The van der Waals surface area contributed by atoms with Crippen molar-refractivity contribution in [2.75, 3.05) is 39.4 Å². The maximum absolute atomic E-state index is 12.4. The summed E-state index contributed by atoms with van der Waals surface area (Å²) in [4.78, 5) is 28.2. The van der Waals surface area contributed by atoms with E-state index in [0.717, 1.165) is 44.0 Å². The number of amides is 1. The fourth-order valence-corrected chi connectivity index (χ4v) is 4.24. The fourth-order valence-electron chi connectivity index (χ4n) is 4.24. The summed E-state index contributed by atoms with van der Waals surface area (Å²) >= 11 is 0. The van der Waals surface area contributed by atoms with Gasteiger partial charge in [0.1, 0.15) is 0 Å². The summed E-state index contributed by atoms with van der Waals surface area (Å²) in [5.74, 6) is 2.49. The van der Waals surface area contributed by atoms with E-state index in [9.17, 15) is 4.79 Å². The first-order valence-corrected chi connectivity index (χ1v) is 11.8. The molecule has 0 bridgehead atoms. The zero-order valence-corrected chi connectivity index (χ0v) is 19.6. The van der Waals surface area contributed by atoms with E-state index < -0.39 is 0 Å². The lowest BCUT2D eigenvalue weighted by Crippen LogP contribution is -2.39. The van der Waals surface area contributed by atoms with E-state index in [1.165, 1.54) is 12.8 Å². The van der Waals surface area contributed by atoms with Crippen LogP contribution in [0.3, 0.4) is 0 Å². The van der Waals surface area contributed by atoms with Crippen LogP contribution in [-0.4, -0.2) is 72.5 Å². The van der Waals surface area contributed by atoms with E-state index >= 15 is 0 Å². The Balaban J connectivity index is 1.39. The van der Waals surface area contributed by atoms with Crippen LogP contribution in [-0.2, 0) is 0 Å². The number of nitrogens with one attached hydrogen (secondary N) is 1. The van der Waals surface area contributed by atoms with Gasteiger partial charge in [0, 0.05) is 44.4 Å². The Morgan fingerprint density at radius 2 is 2.06 bits per heavy atom. The van der Waals surface area contributed by atoms with Gasteiger partial charge in [-0.2, -0.15) is 0 Å². The van der Waals surface area contributed by atoms with Crippen LogP contribution < -0.4 is 10.1 Å². The van der Waals surface area contributed by atoms with Gasteiger partial charge in [-0.1, -0.05) is 6.92 Å². The molecule has 8 heteroatoms. The monoisotopic (exact) mass is 443 g/mol. The van der Waals surface area contributed by atoms with Gasteiger partial charge in [-0.25, -0.2) is 9.98 Å². The molecule has 0 radical (unpaired) electrons. The molecule has 8 nitrogen and oxygen atoms in total. The molecule has 1 aromatic rings. The summed E-state index contributed by atoms with van der Waals surface area (Å²) in [5.41, 5.74) is 2.10. The first-order valence-electron chi connectivity index (χ1n) is 11.8. The van der Waals surface area contributed by atoms with Crippen molar-refractivity contribution in [3.05, 3.63) is 22.9 Å². The van der Waals surface area contributed by atoms with E-state index in [0.29, 0.717) is 48.5 Å². The predicted molar refractivity (Wildman–Crippen MR) is 127 cm³/mol. The molecule has 1 saturated heterocycles. The molecule has 0 aromatic carbocycles. The number of pyridine rings is 1. The van der Waals surface area contributed by atoms with Gasteiger partial charge in [-0.05, 0) is 57.4 Å². The SMILES string of the molecule is Cc1cc(OCCCC2CCN(C3=NCC(C)C=N3)CC2)nc(C)c1C(=O)NCCCO. The van der Waals surface area contributed by atoms with Crippen molar-refractivity contribution in [2.45, 2.75) is 52.9 Å². The van der Waals surface area contributed by atoms with Crippen LogP contribution in [0.25, 0.3) is 0 Å². The highest BCUT2D eigenvalue weighted by molar-refractivity contribution is 5.96. The van der Waals surface area contributed by atoms with Crippen molar-refractivity contribution in [3.63, 3.8) is 0 Å².